The van der Waals surface area contributed by atoms with Crippen molar-refractivity contribution in [3.05, 3.63) is 40.8 Å². The minimum atomic E-state index is -0.0387. The molecule has 3 rings (SSSR count). The summed E-state index contributed by atoms with van der Waals surface area (Å²) in [5, 5.41) is 4.65. The molecular formula is C11H9N3O. The molecule has 1 N–H and O–H groups in total. The van der Waals surface area contributed by atoms with Gasteiger partial charge in [0.05, 0.1) is 16.4 Å². The third-order valence-corrected chi connectivity index (χ3v) is 2.59. The number of para-hydroxylation sites is 1. The molecular weight excluding hydrogens is 190 g/mol. The van der Waals surface area contributed by atoms with Crippen molar-refractivity contribution in [2.24, 2.45) is 7.05 Å². The minimum Gasteiger partial charge on any atom is -0.294 e. The maximum atomic E-state index is 11.7. The summed E-state index contributed by atoms with van der Waals surface area (Å²) in [4.78, 5) is 15.9. The third kappa shape index (κ3) is 1.01. The molecule has 3 aromatic rings. The van der Waals surface area contributed by atoms with Crippen molar-refractivity contribution in [3.63, 3.8) is 0 Å². The minimum absolute atomic E-state index is 0.0387. The predicted molar refractivity (Wildman–Crippen MR) is 58.8 cm³/mol. The summed E-state index contributed by atoms with van der Waals surface area (Å²) in [5.41, 5.74) is 1.71. The van der Waals surface area contributed by atoms with Crippen LogP contribution in [-0.4, -0.2) is 14.8 Å². The van der Waals surface area contributed by atoms with Gasteiger partial charge < -0.3 is 0 Å². The Morgan fingerprint density at radius 1 is 1.27 bits per heavy atom. The molecule has 0 atom stereocenters. The molecule has 2 heterocycles. The number of hydrogen-bond donors (Lipinski definition) is 1. The first-order chi connectivity index (χ1) is 7.27. The Labute approximate surface area is 85.1 Å². The fourth-order valence-electron chi connectivity index (χ4n) is 1.82. The van der Waals surface area contributed by atoms with E-state index in [0.717, 1.165) is 16.4 Å². The zero-order valence-electron chi connectivity index (χ0n) is 8.19. The van der Waals surface area contributed by atoms with Gasteiger partial charge in [0.15, 0.2) is 0 Å². The zero-order valence-corrected chi connectivity index (χ0v) is 8.19. The first-order valence-corrected chi connectivity index (χ1v) is 4.70. The Bertz CT molecular complexity index is 708. The summed E-state index contributed by atoms with van der Waals surface area (Å²) in [6.07, 6.45) is 1.62. The molecule has 4 nitrogen and oxygen atoms in total. The first kappa shape index (κ1) is 8.23. The molecule has 0 spiro atoms. The van der Waals surface area contributed by atoms with Gasteiger partial charge in [-0.05, 0) is 6.07 Å². The van der Waals surface area contributed by atoms with Crippen molar-refractivity contribution < 1.29 is 0 Å². The van der Waals surface area contributed by atoms with Gasteiger partial charge >= 0.3 is 0 Å². The number of H-pyrrole nitrogens is 1. The largest absolute Gasteiger partial charge is 0.294 e. The van der Waals surface area contributed by atoms with Gasteiger partial charge in [0.2, 0.25) is 0 Å². The molecule has 74 valence electrons. The predicted octanol–water partition coefficient (Wildman–Crippen LogP) is 1.41. The van der Waals surface area contributed by atoms with Crippen LogP contribution in [0.3, 0.4) is 0 Å². The van der Waals surface area contributed by atoms with Crippen LogP contribution in [0.25, 0.3) is 21.8 Å². The fourth-order valence-corrected chi connectivity index (χ4v) is 1.82. The maximum absolute atomic E-state index is 11.7. The number of benzene rings is 1. The van der Waals surface area contributed by atoms with Crippen molar-refractivity contribution in [2.75, 3.05) is 0 Å². The molecule has 0 amide bonds. The van der Waals surface area contributed by atoms with Gasteiger partial charge in [0.25, 0.3) is 5.56 Å². The van der Waals surface area contributed by atoms with E-state index in [1.165, 1.54) is 4.68 Å². The molecule has 4 heteroatoms. The molecule has 0 radical (unpaired) electrons. The molecule has 1 aromatic carbocycles. The van der Waals surface area contributed by atoms with Crippen LogP contribution in [0.2, 0.25) is 0 Å². The highest BCUT2D eigenvalue weighted by atomic mass is 16.1. The number of fused-ring (bicyclic) bond motifs is 3. The van der Waals surface area contributed by atoms with Crippen LogP contribution in [0, 0.1) is 0 Å². The molecule has 2 aromatic heterocycles. The van der Waals surface area contributed by atoms with Crippen molar-refractivity contribution in [2.45, 2.75) is 0 Å². The van der Waals surface area contributed by atoms with Gasteiger partial charge in [0.1, 0.15) is 0 Å². The number of aryl methyl sites for hydroxylation is 1. The van der Waals surface area contributed by atoms with Crippen LogP contribution in [0.15, 0.2) is 35.3 Å². The lowest BCUT2D eigenvalue weighted by Gasteiger charge is -1.96. The summed E-state index contributed by atoms with van der Waals surface area (Å²) in [6, 6.07) is 7.76. The lowest BCUT2D eigenvalue weighted by molar-refractivity contribution is 0.751. The monoisotopic (exact) mass is 199 g/mol. The summed E-state index contributed by atoms with van der Waals surface area (Å²) in [7, 11) is 1.71. The third-order valence-electron chi connectivity index (χ3n) is 2.59. The summed E-state index contributed by atoms with van der Waals surface area (Å²) >= 11 is 0. The van der Waals surface area contributed by atoms with Crippen molar-refractivity contribution in [3.8, 4) is 0 Å². The normalized spacial score (nSPS) is 11.3. The fraction of sp³-hybridized carbons (Fsp3) is 0.0909. The van der Waals surface area contributed by atoms with E-state index in [-0.39, 0.29) is 5.56 Å². The molecule has 0 saturated heterocycles. The van der Waals surface area contributed by atoms with Crippen LogP contribution >= 0.6 is 0 Å². The second-order valence-electron chi connectivity index (χ2n) is 3.54. The number of aromatic nitrogens is 3. The van der Waals surface area contributed by atoms with Gasteiger partial charge in [0, 0.05) is 18.6 Å². The Hall–Kier alpha value is -2.10. The van der Waals surface area contributed by atoms with Crippen LogP contribution < -0.4 is 5.56 Å². The number of aromatic amines is 1. The lowest BCUT2D eigenvalue weighted by Crippen LogP contribution is -2.11. The number of rotatable bonds is 0. The quantitative estimate of drug-likeness (QED) is 0.595. The van der Waals surface area contributed by atoms with E-state index < -0.39 is 0 Å². The number of nitrogens with one attached hydrogen (secondary N) is 1. The average molecular weight is 199 g/mol. The van der Waals surface area contributed by atoms with Gasteiger partial charge in [-0.2, -0.15) is 0 Å². The number of hydrogen-bond acceptors (Lipinski definition) is 2. The molecule has 0 aliphatic heterocycles. The van der Waals surface area contributed by atoms with Crippen molar-refractivity contribution in [1.29, 1.82) is 0 Å². The van der Waals surface area contributed by atoms with E-state index in [2.05, 4.69) is 10.1 Å². The average Bonchev–Trinajstić information content (AvgIpc) is 2.56. The van der Waals surface area contributed by atoms with Crippen LogP contribution in [0.4, 0.5) is 0 Å². The zero-order chi connectivity index (χ0) is 10.4. The second-order valence-corrected chi connectivity index (χ2v) is 3.54. The Balaban J connectivity index is 2.66. The molecule has 15 heavy (non-hydrogen) atoms. The van der Waals surface area contributed by atoms with Crippen molar-refractivity contribution >= 4 is 21.8 Å². The van der Waals surface area contributed by atoms with E-state index >= 15 is 0 Å². The molecule has 0 fully saturated rings. The Morgan fingerprint density at radius 3 is 2.93 bits per heavy atom. The molecule has 0 saturated carbocycles. The SMILES string of the molecule is Cn1[nH]c2c(cnc3ccccc32)c1=O. The lowest BCUT2D eigenvalue weighted by atomic mass is 10.2. The molecule has 0 aliphatic rings. The molecule has 0 aliphatic carbocycles. The van der Waals surface area contributed by atoms with Crippen LogP contribution in [0.5, 0.6) is 0 Å². The highest BCUT2D eigenvalue weighted by Crippen LogP contribution is 2.18. The summed E-state index contributed by atoms with van der Waals surface area (Å²) in [5.74, 6) is 0. The first-order valence-electron chi connectivity index (χ1n) is 4.70. The van der Waals surface area contributed by atoms with Crippen LogP contribution in [0.1, 0.15) is 0 Å². The van der Waals surface area contributed by atoms with E-state index in [9.17, 15) is 4.79 Å². The van der Waals surface area contributed by atoms with Gasteiger partial charge in [-0.15, -0.1) is 0 Å². The van der Waals surface area contributed by atoms with Crippen molar-refractivity contribution in [1.82, 2.24) is 14.8 Å². The van der Waals surface area contributed by atoms with E-state index in [1.807, 2.05) is 24.3 Å². The molecule has 0 unspecified atom stereocenters. The number of nitrogens with zero attached hydrogens (tertiary/aromatic N) is 2. The van der Waals surface area contributed by atoms with E-state index in [0.29, 0.717) is 5.39 Å². The standard InChI is InChI=1S/C11H9N3O/c1-14-11(15)8-6-12-9-5-3-2-4-7(9)10(8)13-14/h2-6,13H,1H3. The summed E-state index contributed by atoms with van der Waals surface area (Å²) < 4.78 is 1.47. The van der Waals surface area contributed by atoms with Crippen LogP contribution in [-0.2, 0) is 7.05 Å². The van der Waals surface area contributed by atoms with Gasteiger partial charge in [-0.1, -0.05) is 18.2 Å². The van der Waals surface area contributed by atoms with E-state index in [1.54, 1.807) is 13.2 Å². The van der Waals surface area contributed by atoms with Gasteiger partial charge in [-0.3, -0.25) is 19.6 Å². The number of pyridine rings is 1. The smallest absolute Gasteiger partial charge is 0.275 e. The maximum Gasteiger partial charge on any atom is 0.275 e. The Morgan fingerprint density at radius 2 is 2.07 bits per heavy atom. The summed E-state index contributed by atoms with van der Waals surface area (Å²) in [6.45, 7) is 0. The highest BCUT2D eigenvalue weighted by molar-refractivity contribution is 6.02. The van der Waals surface area contributed by atoms with Gasteiger partial charge in [-0.25, -0.2) is 0 Å². The van der Waals surface area contributed by atoms with E-state index in [4.69, 9.17) is 0 Å². The Kier molecular flexibility index (Phi) is 1.48. The topological polar surface area (TPSA) is 50.7 Å². The molecule has 0 bridgehead atoms. The highest BCUT2D eigenvalue weighted by Gasteiger charge is 2.07. The second kappa shape index (κ2) is 2.70.